The number of hydrogen-bond acceptors (Lipinski definition) is 3. The zero-order valence-corrected chi connectivity index (χ0v) is 7.29. The first-order valence-corrected chi connectivity index (χ1v) is 4.21. The Bertz CT molecular complexity index is 111. The molecular formula is C8H17NO2. The van der Waals surface area contributed by atoms with E-state index in [1.54, 1.807) is 0 Å². The Kier molecular flexibility index (Phi) is 3.30. The minimum absolute atomic E-state index is 0.258. The second-order valence-electron chi connectivity index (χ2n) is 3.29. The quantitative estimate of drug-likeness (QED) is 0.631. The molecule has 3 nitrogen and oxygen atoms in total. The molecule has 0 aromatic carbocycles. The van der Waals surface area contributed by atoms with Gasteiger partial charge in [-0.3, -0.25) is 4.90 Å². The van der Waals surface area contributed by atoms with Gasteiger partial charge in [-0.2, -0.15) is 0 Å². The summed E-state index contributed by atoms with van der Waals surface area (Å²) in [7, 11) is 0. The van der Waals surface area contributed by atoms with E-state index in [2.05, 4.69) is 18.7 Å². The molecule has 1 fully saturated rings. The Morgan fingerprint density at radius 2 is 2.18 bits per heavy atom. The van der Waals surface area contributed by atoms with Gasteiger partial charge in [-0.05, 0) is 13.8 Å². The molecule has 0 aromatic rings. The van der Waals surface area contributed by atoms with Crippen LogP contribution in [0.5, 0.6) is 0 Å². The highest BCUT2D eigenvalue weighted by Crippen LogP contribution is 2.12. The number of β-amino-alcohol motifs (C(OH)–C–C–N with tert-alkyl or cyclic N) is 1. The third-order valence-corrected chi connectivity index (χ3v) is 1.80. The average Bonchev–Trinajstić information content (AvgIpc) is 1.82. The van der Waals surface area contributed by atoms with Crippen LogP contribution in [-0.2, 0) is 4.74 Å². The highest BCUT2D eigenvalue weighted by Gasteiger charge is 2.26. The second-order valence-corrected chi connectivity index (χ2v) is 3.29. The van der Waals surface area contributed by atoms with Crippen molar-refractivity contribution in [2.45, 2.75) is 26.1 Å². The van der Waals surface area contributed by atoms with Crippen LogP contribution in [0.2, 0.25) is 0 Å². The molecule has 1 aliphatic heterocycles. The third kappa shape index (κ3) is 2.77. The number of nitrogens with zero attached hydrogens (tertiary/aromatic N) is 1. The van der Waals surface area contributed by atoms with Crippen LogP contribution >= 0.6 is 0 Å². The van der Waals surface area contributed by atoms with Crippen molar-refractivity contribution in [3.63, 3.8) is 0 Å². The molecule has 1 heterocycles. The molecular weight excluding hydrogens is 142 g/mol. The zero-order chi connectivity index (χ0) is 8.27. The summed E-state index contributed by atoms with van der Waals surface area (Å²) in [5.41, 5.74) is 0. The summed E-state index contributed by atoms with van der Waals surface area (Å²) in [6.07, 6.45) is 0.734. The van der Waals surface area contributed by atoms with Crippen molar-refractivity contribution >= 4 is 0 Å². The molecule has 1 aliphatic rings. The van der Waals surface area contributed by atoms with Crippen LogP contribution in [0.15, 0.2) is 0 Å². The first kappa shape index (κ1) is 8.97. The molecule has 0 unspecified atom stereocenters. The summed E-state index contributed by atoms with van der Waals surface area (Å²) >= 11 is 0. The fourth-order valence-electron chi connectivity index (χ4n) is 1.32. The van der Waals surface area contributed by atoms with E-state index >= 15 is 0 Å². The molecule has 0 aromatic heterocycles. The Morgan fingerprint density at radius 1 is 1.55 bits per heavy atom. The lowest BCUT2D eigenvalue weighted by Gasteiger charge is -2.39. The van der Waals surface area contributed by atoms with Gasteiger partial charge in [0.05, 0.1) is 18.8 Å². The van der Waals surface area contributed by atoms with Gasteiger partial charge in [0.1, 0.15) is 0 Å². The lowest BCUT2D eigenvalue weighted by atomic mass is 10.1. The molecule has 3 heteroatoms. The fraction of sp³-hybridized carbons (Fsp3) is 1.00. The lowest BCUT2D eigenvalue weighted by molar-refractivity contribution is -0.0832. The largest absolute Gasteiger partial charge is 0.395 e. The molecule has 0 bridgehead atoms. The van der Waals surface area contributed by atoms with Crippen molar-refractivity contribution in [2.75, 3.05) is 26.2 Å². The highest BCUT2D eigenvalue weighted by atomic mass is 16.5. The molecule has 0 aliphatic carbocycles. The van der Waals surface area contributed by atoms with Crippen LogP contribution in [0, 0.1) is 0 Å². The van der Waals surface area contributed by atoms with Crippen LogP contribution in [0.4, 0.5) is 0 Å². The van der Waals surface area contributed by atoms with Gasteiger partial charge in [-0.25, -0.2) is 0 Å². The van der Waals surface area contributed by atoms with Crippen molar-refractivity contribution < 1.29 is 9.84 Å². The molecule has 0 spiro atoms. The van der Waals surface area contributed by atoms with Crippen molar-refractivity contribution in [2.24, 2.45) is 0 Å². The van der Waals surface area contributed by atoms with E-state index in [1.165, 1.54) is 0 Å². The predicted octanol–water partition coefficient (Wildman–Crippen LogP) is 0.0879. The Labute approximate surface area is 68.0 Å². The summed E-state index contributed by atoms with van der Waals surface area (Å²) in [6, 6.07) is 0. The van der Waals surface area contributed by atoms with Crippen molar-refractivity contribution in [1.82, 2.24) is 4.90 Å². The maximum absolute atomic E-state index is 8.59. The van der Waals surface area contributed by atoms with Gasteiger partial charge in [-0.1, -0.05) is 0 Å². The standard InChI is InChI=1S/C8H17NO2/c1-7(2)11-8-5-9(6-8)3-4-10/h7-8,10H,3-6H2,1-2H3. The van der Waals surface area contributed by atoms with Crippen LogP contribution in [-0.4, -0.2) is 48.5 Å². The number of aliphatic hydroxyl groups is 1. The van der Waals surface area contributed by atoms with Gasteiger partial charge in [0.15, 0.2) is 0 Å². The highest BCUT2D eigenvalue weighted by molar-refractivity contribution is 4.80. The van der Waals surface area contributed by atoms with Gasteiger partial charge in [0.25, 0.3) is 0 Å². The smallest absolute Gasteiger partial charge is 0.0832 e. The van der Waals surface area contributed by atoms with Crippen molar-refractivity contribution in [1.29, 1.82) is 0 Å². The number of rotatable bonds is 4. The summed E-state index contributed by atoms with van der Waals surface area (Å²) in [4.78, 5) is 2.19. The van der Waals surface area contributed by atoms with E-state index in [9.17, 15) is 0 Å². The van der Waals surface area contributed by atoms with E-state index in [4.69, 9.17) is 9.84 Å². The Morgan fingerprint density at radius 3 is 2.64 bits per heavy atom. The molecule has 1 saturated heterocycles. The summed E-state index contributed by atoms with van der Waals surface area (Å²) in [6.45, 7) is 7.12. The molecule has 1 rings (SSSR count). The lowest BCUT2D eigenvalue weighted by Crippen LogP contribution is -2.53. The zero-order valence-electron chi connectivity index (χ0n) is 7.29. The first-order valence-electron chi connectivity index (χ1n) is 4.21. The summed E-state index contributed by atoms with van der Waals surface area (Å²) in [5.74, 6) is 0. The van der Waals surface area contributed by atoms with Crippen LogP contribution in [0.25, 0.3) is 0 Å². The Balaban J connectivity index is 2.00. The van der Waals surface area contributed by atoms with Crippen LogP contribution in [0.1, 0.15) is 13.8 Å². The minimum Gasteiger partial charge on any atom is -0.395 e. The summed E-state index contributed by atoms with van der Waals surface area (Å²) < 4.78 is 5.54. The average molecular weight is 159 g/mol. The van der Waals surface area contributed by atoms with Crippen molar-refractivity contribution in [3.8, 4) is 0 Å². The van der Waals surface area contributed by atoms with E-state index in [1.807, 2.05) is 0 Å². The van der Waals surface area contributed by atoms with E-state index < -0.39 is 0 Å². The maximum Gasteiger partial charge on any atom is 0.0832 e. The number of aliphatic hydroxyl groups excluding tert-OH is 1. The molecule has 11 heavy (non-hydrogen) atoms. The van der Waals surface area contributed by atoms with Crippen LogP contribution < -0.4 is 0 Å². The Hall–Kier alpha value is -0.120. The van der Waals surface area contributed by atoms with Gasteiger partial charge in [0, 0.05) is 19.6 Å². The fourth-order valence-corrected chi connectivity index (χ4v) is 1.32. The monoisotopic (exact) mass is 159 g/mol. The van der Waals surface area contributed by atoms with E-state index in [0.29, 0.717) is 12.2 Å². The predicted molar refractivity (Wildman–Crippen MR) is 43.5 cm³/mol. The maximum atomic E-state index is 8.59. The molecule has 0 atom stereocenters. The molecule has 1 N–H and O–H groups in total. The first-order chi connectivity index (χ1) is 5.22. The molecule has 0 radical (unpaired) electrons. The van der Waals surface area contributed by atoms with Crippen LogP contribution in [0.3, 0.4) is 0 Å². The topological polar surface area (TPSA) is 32.7 Å². The molecule has 0 saturated carbocycles. The molecule has 0 amide bonds. The van der Waals surface area contributed by atoms with Crippen molar-refractivity contribution in [3.05, 3.63) is 0 Å². The minimum atomic E-state index is 0.258. The SMILES string of the molecule is CC(C)OC1CN(CCO)C1. The number of hydrogen-bond donors (Lipinski definition) is 1. The summed E-state index contributed by atoms with van der Waals surface area (Å²) in [5, 5.41) is 8.59. The third-order valence-electron chi connectivity index (χ3n) is 1.80. The normalized spacial score (nSPS) is 20.7. The van der Waals surface area contributed by atoms with Gasteiger partial charge in [0.2, 0.25) is 0 Å². The second kappa shape index (κ2) is 4.04. The number of ether oxygens (including phenoxy) is 1. The molecule has 66 valence electrons. The van der Waals surface area contributed by atoms with Gasteiger partial charge < -0.3 is 9.84 Å². The van der Waals surface area contributed by atoms with E-state index in [0.717, 1.165) is 19.6 Å². The van der Waals surface area contributed by atoms with Gasteiger partial charge in [-0.15, -0.1) is 0 Å². The van der Waals surface area contributed by atoms with Gasteiger partial charge >= 0.3 is 0 Å². The van der Waals surface area contributed by atoms with E-state index in [-0.39, 0.29) is 6.61 Å². The number of likely N-dealkylation sites (tertiary alicyclic amines) is 1.